The van der Waals surface area contributed by atoms with Crippen molar-refractivity contribution in [3.05, 3.63) is 0 Å². The maximum Gasteiger partial charge on any atom is 0.187 e. The van der Waals surface area contributed by atoms with Gasteiger partial charge in [0.15, 0.2) is 6.23 Å². The molecule has 0 aromatic rings. The topological polar surface area (TPSA) is 20.2 Å². The van der Waals surface area contributed by atoms with Gasteiger partial charge in [-0.3, -0.25) is 4.48 Å². The molecule has 0 fully saturated rings. The molecule has 0 radical (unpaired) electrons. The minimum atomic E-state index is -0.221. The van der Waals surface area contributed by atoms with Gasteiger partial charge in [-0.25, -0.2) is 0 Å². The summed E-state index contributed by atoms with van der Waals surface area (Å²) in [7, 11) is 0. The Hall–Kier alpha value is -0.0800. The molecule has 1 unspecified atom stereocenters. The van der Waals surface area contributed by atoms with Gasteiger partial charge in [0.05, 0.1) is 19.6 Å². The Balaban J connectivity index is 3.31. The summed E-state index contributed by atoms with van der Waals surface area (Å²) < 4.78 is 0.874. The minimum absolute atomic E-state index is 0.221. The molecule has 26 heavy (non-hydrogen) atoms. The summed E-state index contributed by atoms with van der Waals surface area (Å²) in [6.45, 7) is 11.9. The number of unbranched alkanes of at least 4 members (excludes halogenated alkanes) is 15. The highest BCUT2D eigenvalue weighted by Crippen LogP contribution is 2.16. The maximum absolute atomic E-state index is 10.1. The summed E-state index contributed by atoms with van der Waals surface area (Å²) in [5.41, 5.74) is 0. The van der Waals surface area contributed by atoms with Gasteiger partial charge in [-0.15, -0.1) is 0 Å². The second-order valence-electron chi connectivity index (χ2n) is 8.51. The van der Waals surface area contributed by atoms with Crippen molar-refractivity contribution in [1.29, 1.82) is 0 Å². The molecule has 0 saturated heterocycles. The fourth-order valence-electron chi connectivity index (χ4n) is 4.23. The molecule has 0 amide bonds. The Kier molecular flexibility index (Phi) is 18.2. The molecule has 0 aliphatic carbocycles. The number of hydrogen-bond acceptors (Lipinski definition) is 1. The maximum atomic E-state index is 10.1. The van der Waals surface area contributed by atoms with Crippen LogP contribution >= 0.6 is 0 Å². The SMILES string of the molecule is CCCCCCCCCCCCCCCCCC[N+](CC)(CC)C(C)O. The lowest BCUT2D eigenvalue weighted by Crippen LogP contribution is -2.54. The van der Waals surface area contributed by atoms with Gasteiger partial charge in [-0.2, -0.15) is 0 Å². The first-order chi connectivity index (χ1) is 12.6. The first-order valence-electron chi connectivity index (χ1n) is 12.2. The van der Waals surface area contributed by atoms with Crippen LogP contribution in [-0.2, 0) is 0 Å². The number of aliphatic hydroxyl groups is 1. The number of nitrogens with zero attached hydrogens (tertiary/aromatic N) is 1. The van der Waals surface area contributed by atoms with Crippen LogP contribution in [0.2, 0.25) is 0 Å². The van der Waals surface area contributed by atoms with Crippen LogP contribution in [0.3, 0.4) is 0 Å². The number of rotatable bonds is 20. The molecular weight excluding hydrogens is 318 g/mol. The molecule has 0 aliphatic heterocycles. The van der Waals surface area contributed by atoms with E-state index in [0.717, 1.165) is 24.1 Å². The van der Waals surface area contributed by atoms with Crippen LogP contribution in [-0.4, -0.2) is 35.5 Å². The van der Waals surface area contributed by atoms with Crippen LogP contribution in [0.5, 0.6) is 0 Å². The molecule has 0 saturated carbocycles. The first-order valence-corrected chi connectivity index (χ1v) is 12.2. The second-order valence-corrected chi connectivity index (χ2v) is 8.51. The molecular formula is C24H52NO+. The zero-order valence-corrected chi connectivity index (χ0v) is 18.9. The predicted octanol–water partition coefficient (Wildman–Crippen LogP) is 7.44. The smallest absolute Gasteiger partial charge is 0.187 e. The van der Waals surface area contributed by atoms with E-state index in [-0.39, 0.29) is 6.23 Å². The largest absolute Gasteiger partial charge is 0.345 e. The Bertz CT molecular complexity index is 273. The monoisotopic (exact) mass is 370 g/mol. The van der Waals surface area contributed by atoms with Crippen molar-refractivity contribution in [3.63, 3.8) is 0 Å². The van der Waals surface area contributed by atoms with Crippen molar-refractivity contribution in [1.82, 2.24) is 0 Å². The van der Waals surface area contributed by atoms with Crippen molar-refractivity contribution in [2.24, 2.45) is 0 Å². The highest BCUT2D eigenvalue weighted by atomic mass is 16.3. The Labute approximate surface area is 166 Å². The molecule has 0 aromatic carbocycles. The molecule has 1 N–H and O–H groups in total. The molecule has 0 aliphatic rings. The Morgan fingerprint density at radius 2 is 0.846 bits per heavy atom. The number of hydrogen-bond donors (Lipinski definition) is 1. The summed E-state index contributed by atoms with van der Waals surface area (Å²) in [5.74, 6) is 0. The zero-order chi connectivity index (χ0) is 19.5. The lowest BCUT2D eigenvalue weighted by molar-refractivity contribution is -0.966. The van der Waals surface area contributed by atoms with Gasteiger partial charge in [0.1, 0.15) is 0 Å². The molecule has 0 rings (SSSR count). The van der Waals surface area contributed by atoms with Gasteiger partial charge in [0.25, 0.3) is 0 Å². The highest BCUT2D eigenvalue weighted by Gasteiger charge is 2.27. The Morgan fingerprint density at radius 3 is 1.12 bits per heavy atom. The summed E-state index contributed by atoms with van der Waals surface area (Å²) >= 11 is 0. The van der Waals surface area contributed by atoms with E-state index in [9.17, 15) is 5.11 Å². The predicted molar refractivity (Wildman–Crippen MR) is 117 cm³/mol. The first kappa shape index (κ1) is 25.9. The van der Waals surface area contributed by atoms with E-state index in [1.165, 1.54) is 103 Å². The average Bonchev–Trinajstić information content (AvgIpc) is 2.64. The van der Waals surface area contributed by atoms with Crippen molar-refractivity contribution in [3.8, 4) is 0 Å². The van der Waals surface area contributed by atoms with Crippen LogP contribution in [0, 0.1) is 0 Å². The quantitative estimate of drug-likeness (QED) is 0.134. The third-order valence-electron chi connectivity index (χ3n) is 6.51. The molecule has 2 nitrogen and oxygen atoms in total. The van der Waals surface area contributed by atoms with E-state index in [4.69, 9.17) is 0 Å². The molecule has 1 atom stereocenters. The van der Waals surface area contributed by atoms with Crippen molar-refractivity contribution in [2.45, 2.75) is 137 Å². The normalized spacial score (nSPS) is 13.3. The molecule has 158 valence electrons. The van der Waals surface area contributed by atoms with Crippen LogP contribution in [0.15, 0.2) is 0 Å². The fraction of sp³-hybridized carbons (Fsp3) is 1.00. The van der Waals surface area contributed by atoms with Gasteiger partial charge >= 0.3 is 0 Å². The van der Waals surface area contributed by atoms with Crippen molar-refractivity contribution in [2.75, 3.05) is 19.6 Å². The number of quaternary nitrogens is 1. The van der Waals surface area contributed by atoms with Gasteiger partial charge in [0.2, 0.25) is 0 Å². The zero-order valence-electron chi connectivity index (χ0n) is 18.9. The van der Waals surface area contributed by atoms with E-state index >= 15 is 0 Å². The van der Waals surface area contributed by atoms with E-state index in [1.807, 2.05) is 6.92 Å². The van der Waals surface area contributed by atoms with Crippen molar-refractivity contribution >= 4 is 0 Å². The highest BCUT2D eigenvalue weighted by molar-refractivity contribution is 4.51. The molecule has 0 spiro atoms. The van der Waals surface area contributed by atoms with Crippen LogP contribution in [0.4, 0.5) is 0 Å². The lowest BCUT2D eigenvalue weighted by Gasteiger charge is -2.39. The Morgan fingerprint density at radius 1 is 0.538 bits per heavy atom. The van der Waals surface area contributed by atoms with Gasteiger partial charge in [-0.1, -0.05) is 96.8 Å². The number of aliphatic hydroxyl groups excluding tert-OH is 1. The van der Waals surface area contributed by atoms with Crippen LogP contribution in [0.1, 0.15) is 130 Å². The lowest BCUT2D eigenvalue weighted by atomic mass is 10.0. The van der Waals surface area contributed by atoms with E-state index in [1.54, 1.807) is 0 Å². The molecule has 0 aromatic heterocycles. The van der Waals surface area contributed by atoms with E-state index < -0.39 is 0 Å². The van der Waals surface area contributed by atoms with Crippen LogP contribution < -0.4 is 0 Å². The van der Waals surface area contributed by atoms with Gasteiger partial charge in [0, 0.05) is 6.92 Å². The standard InChI is InChI=1S/C24H52NO/c1-5-8-9-10-11-12-13-14-15-16-17-18-19-20-21-22-23-25(6-2,7-3)24(4)26/h24,26H,5-23H2,1-4H3/q+1. The second kappa shape index (κ2) is 18.3. The summed E-state index contributed by atoms with van der Waals surface area (Å²) in [5, 5.41) is 10.1. The average molecular weight is 371 g/mol. The molecule has 0 heterocycles. The van der Waals surface area contributed by atoms with Gasteiger partial charge < -0.3 is 5.11 Å². The molecule has 2 heteroatoms. The summed E-state index contributed by atoms with van der Waals surface area (Å²) in [6, 6.07) is 0. The summed E-state index contributed by atoms with van der Waals surface area (Å²) in [6.07, 6.45) is 22.5. The van der Waals surface area contributed by atoms with Crippen LogP contribution in [0.25, 0.3) is 0 Å². The molecule has 0 bridgehead atoms. The van der Waals surface area contributed by atoms with E-state index in [2.05, 4.69) is 20.8 Å². The third kappa shape index (κ3) is 13.1. The van der Waals surface area contributed by atoms with Crippen molar-refractivity contribution < 1.29 is 9.59 Å². The third-order valence-corrected chi connectivity index (χ3v) is 6.51. The van der Waals surface area contributed by atoms with E-state index in [0.29, 0.717) is 0 Å². The fourth-order valence-corrected chi connectivity index (χ4v) is 4.23. The van der Waals surface area contributed by atoms with Gasteiger partial charge in [-0.05, 0) is 26.7 Å². The summed E-state index contributed by atoms with van der Waals surface area (Å²) in [4.78, 5) is 0. The minimum Gasteiger partial charge on any atom is -0.345 e.